The van der Waals surface area contributed by atoms with E-state index in [0.29, 0.717) is 5.92 Å². The molecule has 1 fully saturated rings. The molecular weight excluding hydrogens is 222 g/mol. The van der Waals surface area contributed by atoms with Crippen LogP contribution in [0.3, 0.4) is 0 Å². The molecule has 0 bridgehead atoms. The van der Waals surface area contributed by atoms with Gasteiger partial charge in [0.2, 0.25) is 0 Å². The maximum atomic E-state index is 6.19. The van der Waals surface area contributed by atoms with Crippen molar-refractivity contribution in [2.24, 2.45) is 11.7 Å². The number of ether oxygens (including phenoxy) is 1. The predicted molar refractivity (Wildman–Crippen MR) is 74.6 cm³/mol. The summed E-state index contributed by atoms with van der Waals surface area (Å²) in [6.45, 7) is 1.61. The summed E-state index contributed by atoms with van der Waals surface area (Å²) in [7, 11) is 0. The molecule has 1 aliphatic heterocycles. The van der Waals surface area contributed by atoms with Gasteiger partial charge in [-0.05, 0) is 29.2 Å². The van der Waals surface area contributed by atoms with Crippen molar-refractivity contribution in [3.05, 3.63) is 48.0 Å². The maximum Gasteiger partial charge on any atom is 0.0512 e. The van der Waals surface area contributed by atoms with Gasteiger partial charge in [0.1, 0.15) is 0 Å². The molecule has 2 aromatic rings. The summed E-state index contributed by atoms with van der Waals surface area (Å²) in [5.74, 6) is 0.449. The van der Waals surface area contributed by atoms with E-state index in [-0.39, 0.29) is 6.04 Å². The van der Waals surface area contributed by atoms with Crippen molar-refractivity contribution >= 4 is 10.8 Å². The van der Waals surface area contributed by atoms with Gasteiger partial charge in [0, 0.05) is 18.6 Å². The third kappa shape index (κ3) is 2.26. The van der Waals surface area contributed by atoms with Gasteiger partial charge in [-0.3, -0.25) is 0 Å². The van der Waals surface area contributed by atoms with Crippen LogP contribution < -0.4 is 5.73 Å². The number of hydrogen-bond donors (Lipinski definition) is 1. The molecule has 1 saturated heterocycles. The standard InChI is InChI=1S/C16H19NO/c17-16-8-9-18-11-14(16)10-13-6-3-5-12-4-1-2-7-15(12)13/h1-7,14,16H,8-11,17H2. The molecule has 1 heterocycles. The fourth-order valence-corrected chi connectivity index (χ4v) is 2.78. The van der Waals surface area contributed by atoms with E-state index < -0.39 is 0 Å². The molecule has 0 aromatic heterocycles. The van der Waals surface area contributed by atoms with Crippen molar-refractivity contribution in [2.75, 3.05) is 13.2 Å². The summed E-state index contributed by atoms with van der Waals surface area (Å²) in [5.41, 5.74) is 7.58. The lowest BCUT2D eigenvalue weighted by molar-refractivity contribution is 0.0423. The highest BCUT2D eigenvalue weighted by Gasteiger charge is 2.23. The van der Waals surface area contributed by atoms with Gasteiger partial charge in [-0.25, -0.2) is 0 Å². The molecule has 0 spiro atoms. The molecule has 2 aromatic carbocycles. The molecule has 1 aliphatic rings. The fourth-order valence-electron chi connectivity index (χ4n) is 2.78. The first kappa shape index (κ1) is 11.7. The smallest absolute Gasteiger partial charge is 0.0512 e. The second-order valence-corrected chi connectivity index (χ2v) is 5.13. The van der Waals surface area contributed by atoms with Crippen LogP contribution in [0.1, 0.15) is 12.0 Å². The summed E-state index contributed by atoms with van der Waals surface area (Å²) >= 11 is 0. The number of hydrogen-bond acceptors (Lipinski definition) is 2. The first-order valence-electron chi connectivity index (χ1n) is 6.64. The second kappa shape index (κ2) is 5.09. The molecule has 0 aliphatic carbocycles. The van der Waals surface area contributed by atoms with E-state index in [9.17, 15) is 0 Å². The van der Waals surface area contributed by atoms with Crippen LogP contribution in [0.5, 0.6) is 0 Å². The van der Waals surface area contributed by atoms with Gasteiger partial charge in [0.15, 0.2) is 0 Å². The lowest BCUT2D eigenvalue weighted by atomic mass is 9.88. The Kier molecular flexibility index (Phi) is 3.31. The SMILES string of the molecule is NC1CCOCC1Cc1cccc2ccccc12. The Balaban J connectivity index is 1.90. The van der Waals surface area contributed by atoms with E-state index in [0.717, 1.165) is 26.1 Å². The van der Waals surface area contributed by atoms with Gasteiger partial charge < -0.3 is 10.5 Å². The number of rotatable bonds is 2. The molecule has 18 heavy (non-hydrogen) atoms. The molecule has 2 N–H and O–H groups in total. The molecule has 2 nitrogen and oxygen atoms in total. The molecule has 2 unspecified atom stereocenters. The molecule has 2 atom stereocenters. The normalized spacial score (nSPS) is 24.3. The maximum absolute atomic E-state index is 6.19. The lowest BCUT2D eigenvalue weighted by Crippen LogP contribution is -2.39. The van der Waals surface area contributed by atoms with Crippen LogP contribution in [-0.4, -0.2) is 19.3 Å². The summed E-state index contributed by atoms with van der Waals surface area (Å²) in [5, 5.41) is 2.65. The van der Waals surface area contributed by atoms with Gasteiger partial charge in [0.25, 0.3) is 0 Å². The van der Waals surface area contributed by atoms with E-state index in [2.05, 4.69) is 42.5 Å². The minimum absolute atomic E-state index is 0.276. The average Bonchev–Trinajstić information content (AvgIpc) is 2.42. The van der Waals surface area contributed by atoms with Gasteiger partial charge in [-0.1, -0.05) is 42.5 Å². The van der Waals surface area contributed by atoms with Crippen molar-refractivity contribution in [3.8, 4) is 0 Å². The van der Waals surface area contributed by atoms with Crippen LogP contribution >= 0.6 is 0 Å². The lowest BCUT2D eigenvalue weighted by Gasteiger charge is -2.29. The van der Waals surface area contributed by atoms with Crippen LogP contribution in [0.2, 0.25) is 0 Å². The Morgan fingerprint density at radius 3 is 2.83 bits per heavy atom. The van der Waals surface area contributed by atoms with Crippen LogP contribution in [0, 0.1) is 5.92 Å². The van der Waals surface area contributed by atoms with E-state index in [4.69, 9.17) is 10.5 Å². The summed E-state index contributed by atoms with van der Waals surface area (Å²) in [6.07, 6.45) is 2.00. The fraction of sp³-hybridized carbons (Fsp3) is 0.375. The topological polar surface area (TPSA) is 35.2 Å². The molecular formula is C16H19NO. The minimum Gasteiger partial charge on any atom is -0.381 e. The molecule has 0 amide bonds. The van der Waals surface area contributed by atoms with Crippen molar-refractivity contribution in [1.29, 1.82) is 0 Å². The van der Waals surface area contributed by atoms with E-state index >= 15 is 0 Å². The third-order valence-electron chi connectivity index (χ3n) is 3.89. The second-order valence-electron chi connectivity index (χ2n) is 5.13. The van der Waals surface area contributed by atoms with Crippen molar-refractivity contribution in [2.45, 2.75) is 18.9 Å². The zero-order chi connectivity index (χ0) is 12.4. The van der Waals surface area contributed by atoms with Crippen LogP contribution in [0.4, 0.5) is 0 Å². The van der Waals surface area contributed by atoms with Crippen molar-refractivity contribution in [3.63, 3.8) is 0 Å². The predicted octanol–water partition coefficient (Wildman–Crippen LogP) is 2.75. The van der Waals surface area contributed by atoms with Crippen molar-refractivity contribution < 1.29 is 4.74 Å². The highest BCUT2D eigenvalue weighted by Crippen LogP contribution is 2.24. The van der Waals surface area contributed by atoms with Gasteiger partial charge in [0.05, 0.1) is 6.61 Å². The molecule has 94 valence electrons. The Morgan fingerprint density at radius 2 is 1.94 bits per heavy atom. The Morgan fingerprint density at radius 1 is 1.11 bits per heavy atom. The molecule has 3 rings (SSSR count). The summed E-state index contributed by atoms with van der Waals surface area (Å²) in [4.78, 5) is 0. The molecule has 0 radical (unpaired) electrons. The zero-order valence-corrected chi connectivity index (χ0v) is 10.5. The van der Waals surface area contributed by atoms with E-state index in [1.807, 2.05) is 0 Å². The summed E-state index contributed by atoms with van der Waals surface area (Å²) in [6, 6.07) is 15.3. The first-order chi connectivity index (χ1) is 8.84. The Hall–Kier alpha value is -1.38. The number of benzene rings is 2. The summed E-state index contributed by atoms with van der Waals surface area (Å²) < 4.78 is 5.56. The zero-order valence-electron chi connectivity index (χ0n) is 10.5. The number of fused-ring (bicyclic) bond motifs is 1. The van der Waals surface area contributed by atoms with E-state index in [1.54, 1.807) is 0 Å². The van der Waals surface area contributed by atoms with Gasteiger partial charge >= 0.3 is 0 Å². The highest BCUT2D eigenvalue weighted by molar-refractivity contribution is 5.85. The van der Waals surface area contributed by atoms with Crippen molar-refractivity contribution in [1.82, 2.24) is 0 Å². The Bertz CT molecular complexity index is 532. The molecule has 2 heteroatoms. The van der Waals surface area contributed by atoms with Crippen LogP contribution in [0.15, 0.2) is 42.5 Å². The average molecular weight is 241 g/mol. The van der Waals surface area contributed by atoms with E-state index in [1.165, 1.54) is 16.3 Å². The monoisotopic (exact) mass is 241 g/mol. The van der Waals surface area contributed by atoms with Crippen LogP contribution in [0.25, 0.3) is 10.8 Å². The van der Waals surface area contributed by atoms with Gasteiger partial charge in [-0.2, -0.15) is 0 Å². The largest absolute Gasteiger partial charge is 0.381 e. The minimum atomic E-state index is 0.276. The number of nitrogens with two attached hydrogens (primary N) is 1. The first-order valence-corrected chi connectivity index (χ1v) is 6.64. The Labute approximate surface area is 108 Å². The highest BCUT2D eigenvalue weighted by atomic mass is 16.5. The molecule has 0 saturated carbocycles. The van der Waals surface area contributed by atoms with Gasteiger partial charge in [-0.15, -0.1) is 0 Å². The third-order valence-corrected chi connectivity index (χ3v) is 3.89. The quantitative estimate of drug-likeness (QED) is 0.877. The van der Waals surface area contributed by atoms with Crippen LogP contribution in [-0.2, 0) is 11.2 Å².